The first-order chi connectivity index (χ1) is 12.7. The molecule has 4 heteroatoms. The Morgan fingerprint density at radius 1 is 1.00 bits per heavy atom. The van der Waals surface area contributed by atoms with Crippen LogP contribution in [0, 0.1) is 17.2 Å². The van der Waals surface area contributed by atoms with E-state index in [0.717, 1.165) is 0 Å². The molecule has 4 nitrogen and oxygen atoms in total. The van der Waals surface area contributed by atoms with Crippen LogP contribution in [0.15, 0.2) is 48.5 Å². The zero-order chi connectivity index (χ0) is 20.0. The van der Waals surface area contributed by atoms with Crippen molar-refractivity contribution in [2.75, 3.05) is 6.61 Å². The van der Waals surface area contributed by atoms with Crippen molar-refractivity contribution in [3.05, 3.63) is 70.8 Å². The molecule has 0 aliphatic carbocycles. The van der Waals surface area contributed by atoms with Crippen LogP contribution < -0.4 is 0 Å². The van der Waals surface area contributed by atoms with Gasteiger partial charge in [-0.05, 0) is 41.7 Å². The quantitative estimate of drug-likeness (QED) is 0.539. The minimum atomic E-state index is -0.450. The van der Waals surface area contributed by atoms with Gasteiger partial charge in [-0.2, -0.15) is 5.26 Å². The van der Waals surface area contributed by atoms with E-state index in [9.17, 15) is 9.59 Å². The lowest BCUT2D eigenvalue weighted by Gasteiger charge is -2.19. The van der Waals surface area contributed by atoms with Gasteiger partial charge in [0.2, 0.25) is 0 Å². The topological polar surface area (TPSA) is 67.2 Å². The maximum atomic E-state index is 12.6. The summed E-state index contributed by atoms with van der Waals surface area (Å²) in [6, 6.07) is 16.0. The first-order valence-corrected chi connectivity index (χ1v) is 9.04. The molecule has 0 spiro atoms. The van der Waals surface area contributed by atoms with Crippen molar-refractivity contribution >= 4 is 11.8 Å². The average molecular weight is 363 g/mol. The van der Waals surface area contributed by atoms with E-state index < -0.39 is 5.97 Å². The summed E-state index contributed by atoms with van der Waals surface area (Å²) in [5.74, 6) is -0.641. The molecule has 0 radical (unpaired) electrons. The smallest absolute Gasteiger partial charge is 0.338 e. The molecule has 0 saturated carbocycles. The summed E-state index contributed by atoms with van der Waals surface area (Å²) in [6.07, 6.45) is 0.460. The van der Waals surface area contributed by atoms with Gasteiger partial charge < -0.3 is 4.74 Å². The van der Waals surface area contributed by atoms with Crippen LogP contribution in [0.4, 0.5) is 0 Å². The van der Waals surface area contributed by atoms with Crippen LogP contribution in [-0.4, -0.2) is 18.4 Å². The Kier molecular flexibility index (Phi) is 6.52. The van der Waals surface area contributed by atoms with Crippen LogP contribution in [0.1, 0.15) is 66.0 Å². The minimum Gasteiger partial charge on any atom is -0.462 e. The summed E-state index contributed by atoms with van der Waals surface area (Å²) >= 11 is 0. The van der Waals surface area contributed by atoms with Gasteiger partial charge in [-0.1, -0.05) is 52.0 Å². The highest BCUT2D eigenvalue weighted by Crippen LogP contribution is 2.23. The second kappa shape index (κ2) is 8.64. The van der Waals surface area contributed by atoms with Crippen LogP contribution in [-0.2, 0) is 10.2 Å². The molecule has 0 fully saturated rings. The maximum absolute atomic E-state index is 12.6. The number of nitriles is 1. The van der Waals surface area contributed by atoms with Gasteiger partial charge in [0, 0.05) is 11.5 Å². The molecule has 1 unspecified atom stereocenters. The molecule has 0 amide bonds. The molecule has 0 aromatic heterocycles. The highest BCUT2D eigenvalue weighted by atomic mass is 16.5. The van der Waals surface area contributed by atoms with E-state index in [1.807, 2.05) is 37.3 Å². The van der Waals surface area contributed by atoms with Gasteiger partial charge in [-0.3, -0.25) is 4.79 Å². The monoisotopic (exact) mass is 363 g/mol. The van der Waals surface area contributed by atoms with Crippen molar-refractivity contribution in [2.45, 2.75) is 39.5 Å². The first kappa shape index (κ1) is 20.4. The Balaban J connectivity index is 1.87. The molecular formula is C23H25NO3. The van der Waals surface area contributed by atoms with E-state index in [-0.39, 0.29) is 23.7 Å². The molecule has 0 heterocycles. The molecule has 2 aromatic rings. The normalized spacial score (nSPS) is 12.1. The number of ether oxygens (including phenoxy) is 1. The van der Waals surface area contributed by atoms with Gasteiger partial charge in [0.25, 0.3) is 0 Å². The summed E-state index contributed by atoms with van der Waals surface area (Å²) in [4.78, 5) is 24.6. The highest BCUT2D eigenvalue weighted by Gasteiger charge is 2.18. The second-order valence-corrected chi connectivity index (χ2v) is 7.71. The molecule has 140 valence electrons. The summed E-state index contributed by atoms with van der Waals surface area (Å²) in [7, 11) is 0. The van der Waals surface area contributed by atoms with Gasteiger partial charge in [0.05, 0.1) is 23.8 Å². The van der Waals surface area contributed by atoms with Gasteiger partial charge in [0.15, 0.2) is 5.78 Å². The fraction of sp³-hybridized carbons (Fsp3) is 0.348. The van der Waals surface area contributed by atoms with Gasteiger partial charge >= 0.3 is 5.97 Å². The summed E-state index contributed by atoms with van der Waals surface area (Å²) in [5, 5.41) is 8.77. The summed E-state index contributed by atoms with van der Waals surface area (Å²) < 4.78 is 5.25. The number of esters is 1. The molecule has 2 rings (SSSR count). The Bertz CT molecular complexity index is 837. The van der Waals surface area contributed by atoms with Crippen molar-refractivity contribution in [3.8, 4) is 6.07 Å². The Morgan fingerprint density at radius 3 is 2.07 bits per heavy atom. The lowest BCUT2D eigenvalue weighted by molar-refractivity contribution is 0.0478. The SMILES string of the molecule is CC(CCOC(=O)c1ccc(C#N)cc1)C(=O)c1ccc(C(C)(C)C)cc1. The largest absolute Gasteiger partial charge is 0.462 e. The molecule has 0 aliphatic rings. The number of Topliss-reactive ketones (excluding diaryl/α,β-unsaturated/α-hetero) is 1. The van der Waals surface area contributed by atoms with E-state index in [2.05, 4.69) is 20.8 Å². The van der Waals surface area contributed by atoms with Gasteiger partial charge in [0.1, 0.15) is 0 Å². The molecule has 0 N–H and O–H groups in total. The van der Waals surface area contributed by atoms with E-state index in [1.165, 1.54) is 5.56 Å². The lowest BCUT2D eigenvalue weighted by atomic mass is 9.86. The Labute approximate surface area is 160 Å². The first-order valence-electron chi connectivity index (χ1n) is 9.04. The van der Waals surface area contributed by atoms with Gasteiger partial charge in [-0.25, -0.2) is 4.79 Å². The fourth-order valence-corrected chi connectivity index (χ4v) is 2.64. The molecule has 0 aliphatic heterocycles. The third-order valence-electron chi connectivity index (χ3n) is 4.52. The minimum absolute atomic E-state index is 0.0462. The molecule has 27 heavy (non-hydrogen) atoms. The standard InChI is InChI=1S/C23H25NO3/c1-16(21(25)18-9-11-20(12-10-18)23(2,3)4)13-14-27-22(26)19-7-5-17(15-24)6-8-19/h5-12,16H,13-14H2,1-4H3. The number of hydrogen-bond acceptors (Lipinski definition) is 4. The molecule has 2 aromatic carbocycles. The molecular weight excluding hydrogens is 338 g/mol. The van der Waals surface area contributed by atoms with Crippen molar-refractivity contribution in [1.29, 1.82) is 5.26 Å². The number of rotatable bonds is 6. The molecule has 0 bridgehead atoms. The van der Waals surface area contributed by atoms with Crippen LogP contribution in [0.3, 0.4) is 0 Å². The molecule has 0 saturated heterocycles. The van der Waals surface area contributed by atoms with Crippen LogP contribution >= 0.6 is 0 Å². The summed E-state index contributed by atoms with van der Waals surface area (Å²) in [5.41, 5.74) is 2.79. The van der Waals surface area contributed by atoms with E-state index in [4.69, 9.17) is 10.00 Å². The van der Waals surface area contributed by atoms with E-state index in [0.29, 0.717) is 23.1 Å². The lowest BCUT2D eigenvalue weighted by Crippen LogP contribution is -2.16. The number of carbonyl (C=O) groups excluding carboxylic acids is 2. The zero-order valence-corrected chi connectivity index (χ0v) is 16.3. The number of nitrogens with zero attached hydrogens (tertiary/aromatic N) is 1. The Morgan fingerprint density at radius 2 is 1.56 bits per heavy atom. The number of ketones is 1. The third kappa shape index (κ3) is 5.52. The van der Waals surface area contributed by atoms with Gasteiger partial charge in [-0.15, -0.1) is 0 Å². The second-order valence-electron chi connectivity index (χ2n) is 7.71. The highest BCUT2D eigenvalue weighted by molar-refractivity contribution is 5.97. The van der Waals surface area contributed by atoms with Crippen molar-refractivity contribution in [1.82, 2.24) is 0 Å². The molecule has 1 atom stereocenters. The number of carbonyl (C=O) groups is 2. The van der Waals surface area contributed by atoms with Crippen molar-refractivity contribution < 1.29 is 14.3 Å². The Hall–Kier alpha value is -2.93. The van der Waals surface area contributed by atoms with Crippen LogP contribution in [0.5, 0.6) is 0 Å². The number of benzene rings is 2. The van der Waals surface area contributed by atoms with Crippen LogP contribution in [0.2, 0.25) is 0 Å². The zero-order valence-electron chi connectivity index (χ0n) is 16.3. The predicted octanol–water partition coefficient (Wildman–Crippen LogP) is 4.92. The fourth-order valence-electron chi connectivity index (χ4n) is 2.64. The maximum Gasteiger partial charge on any atom is 0.338 e. The van der Waals surface area contributed by atoms with Crippen molar-refractivity contribution in [2.24, 2.45) is 5.92 Å². The van der Waals surface area contributed by atoms with Crippen LogP contribution in [0.25, 0.3) is 0 Å². The summed E-state index contributed by atoms with van der Waals surface area (Å²) in [6.45, 7) is 8.42. The average Bonchev–Trinajstić information content (AvgIpc) is 2.66. The van der Waals surface area contributed by atoms with Crippen molar-refractivity contribution in [3.63, 3.8) is 0 Å². The third-order valence-corrected chi connectivity index (χ3v) is 4.52. The predicted molar refractivity (Wildman–Crippen MR) is 105 cm³/mol. The number of hydrogen-bond donors (Lipinski definition) is 0. The van der Waals surface area contributed by atoms with E-state index >= 15 is 0 Å². The van der Waals surface area contributed by atoms with E-state index in [1.54, 1.807) is 24.3 Å².